The third-order valence-corrected chi connectivity index (χ3v) is 3.27. The van der Waals surface area contributed by atoms with Crippen molar-refractivity contribution in [3.8, 4) is 17.6 Å². The molecule has 0 aliphatic heterocycles. The van der Waals surface area contributed by atoms with E-state index in [1.165, 1.54) is 0 Å². The molecule has 0 aliphatic rings. The van der Waals surface area contributed by atoms with E-state index in [-0.39, 0.29) is 29.5 Å². The highest BCUT2D eigenvalue weighted by Crippen LogP contribution is 2.27. The molecule has 0 aromatic heterocycles. The van der Waals surface area contributed by atoms with Crippen molar-refractivity contribution in [3.05, 3.63) is 64.4 Å². The van der Waals surface area contributed by atoms with Gasteiger partial charge in [-0.3, -0.25) is 0 Å². The van der Waals surface area contributed by atoms with E-state index in [0.29, 0.717) is 6.42 Å². The van der Waals surface area contributed by atoms with Crippen molar-refractivity contribution in [1.82, 2.24) is 5.32 Å². The van der Waals surface area contributed by atoms with Gasteiger partial charge in [0.1, 0.15) is 18.2 Å². The van der Waals surface area contributed by atoms with Gasteiger partial charge in [0.15, 0.2) is 0 Å². The van der Waals surface area contributed by atoms with Gasteiger partial charge >= 0.3 is 6.09 Å². The van der Waals surface area contributed by atoms with Gasteiger partial charge in [-0.2, -0.15) is 0 Å². The summed E-state index contributed by atoms with van der Waals surface area (Å²) in [6.45, 7) is 0.457. The molecule has 24 heavy (non-hydrogen) atoms. The molecule has 0 fully saturated rings. The van der Waals surface area contributed by atoms with Crippen molar-refractivity contribution in [2.75, 3.05) is 6.54 Å². The first-order valence-corrected chi connectivity index (χ1v) is 7.55. The Morgan fingerprint density at radius 2 is 2.04 bits per heavy atom. The van der Waals surface area contributed by atoms with Gasteiger partial charge in [0.05, 0.1) is 10.6 Å². The van der Waals surface area contributed by atoms with E-state index in [1.807, 2.05) is 30.3 Å². The molecule has 0 saturated carbocycles. The zero-order valence-corrected chi connectivity index (χ0v) is 13.4. The van der Waals surface area contributed by atoms with Gasteiger partial charge < -0.3 is 15.2 Å². The number of phenolic OH excluding ortho intramolecular Hbond substituents is 1. The number of amides is 1. The summed E-state index contributed by atoms with van der Waals surface area (Å²) in [7, 11) is 0. The van der Waals surface area contributed by atoms with E-state index in [1.54, 1.807) is 0 Å². The summed E-state index contributed by atoms with van der Waals surface area (Å²) in [5.74, 6) is 4.49. The van der Waals surface area contributed by atoms with Crippen LogP contribution in [0, 0.1) is 17.7 Å². The van der Waals surface area contributed by atoms with Gasteiger partial charge in [-0.25, -0.2) is 9.18 Å². The molecule has 0 saturated heterocycles. The minimum atomic E-state index is -0.579. The van der Waals surface area contributed by atoms with Gasteiger partial charge in [-0.1, -0.05) is 53.8 Å². The summed E-state index contributed by atoms with van der Waals surface area (Å²) < 4.78 is 18.2. The fourth-order valence-electron chi connectivity index (χ4n) is 1.82. The molecule has 0 aliphatic carbocycles. The maximum absolute atomic E-state index is 13.2. The zero-order chi connectivity index (χ0) is 17.4. The second-order valence-electron chi connectivity index (χ2n) is 4.82. The Hall–Kier alpha value is -2.71. The molecule has 0 unspecified atom stereocenters. The van der Waals surface area contributed by atoms with Crippen LogP contribution in [-0.2, 0) is 11.3 Å². The number of benzene rings is 2. The molecule has 2 rings (SSSR count). The summed E-state index contributed by atoms with van der Waals surface area (Å²) in [4.78, 5) is 11.5. The Balaban J connectivity index is 1.74. The lowest BCUT2D eigenvalue weighted by Crippen LogP contribution is -2.24. The number of rotatable bonds is 4. The zero-order valence-electron chi connectivity index (χ0n) is 12.7. The van der Waals surface area contributed by atoms with E-state index >= 15 is 0 Å². The quantitative estimate of drug-likeness (QED) is 0.652. The Labute approximate surface area is 144 Å². The first kappa shape index (κ1) is 17.6. The summed E-state index contributed by atoms with van der Waals surface area (Å²) in [5.41, 5.74) is 0.998. The molecule has 0 heterocycles. The number of halogens is 2. The van der Waals surface area contributed by atoms with Crippen LogP contribution in [0.3, 0.4) is 0 Å². The minimum Gasteiger partial charge on any atom is -0.505 e. The van der Waals surface area contributed by atoms with Crippen LogP contribution in [0.15, 0.2) is 42.5 Å². The maximum Gasteiger partial charge on any atom is 0.407 e. The van der Waals surface area contributed by atoms with Gasteiger partial charge in [-0.05, 0) is 17.7 Å². The van der Waals surface area contributed by atoms with Gasteiger partial charge in [0.2, 0.25) is 0 Å². The first-order valence-electron chi connectivity index (χ1n) is 7.17. The average molecular weight is 348 g/mol. The van der Waals surface area contributed by atoms with E-state index in [9.17, 15) is 14.3 Å². The minimum absolute atomic E-state index is 0.0954. The predicted octanol–water partition coefficient (Wildman–Crippen LogP) is 3.85. The molecule has 0 bridgehead atoms. The lowest BCUT2D eigenvalue weighted by Gasteiger charge is -2.05. The Morgan fingerprint density at radius 1 is 1.29 bits per heavy atom. The number of nitrogens with one attached hydrogen (secondary N) is 1. The van der Waals surface area contributed by atoms with Crippen LogP contribution in [0.5, 0.6) is 5.75 Å². The van der Waals surface area contributed by atoms with Crippen molar-refractivity contribution < 1.29 is 19.0 Å². The molecule has 0 spiro atoms. The standard InChI is InChI=1S/C18H15ClFNO3/c19-16-11-15(20)10-14(17(16)22)8-4-5-9-21-18(23)24-12-13-6-2-1-3-7-13/h1-3,6-7,10-11,22H,5,9,12H2,(H,21,23). The monoisotopic (exact) mass is 347 g/mol. The van der Waals surface area contributed by atoms with Crippen molar-refractivity contribution in [2.24, 2.45) is 0 Å². The van der Waals surface area contributed by atoms with E-state index in [0.717, 1.165) is 17.7 Å². The van der Waals surface area contributed by atoms with E-state index in [4.69, 9.17) is 16.3 Å². The maximum atomic E-state index is 13.2. The smallest absolute Gasteiger partial charge is 0.407 e. The average Bonchev–Trinajstić information content (AvgIpc) is 2.57. The summed E-state index contributed by atoms with van der Waals surface area (Å²) in [6, 6.07) is 11.4. The number of phenols is 1. The highest BCUT2D eigenvalue weighted by molar-refractivity contribution is 6.32. The number of carbonyl (C=O) groups is 1. The summed E-state index contributed by atoms with van der Waals surface area (Å²) in [5, 5.41) is 12.1. The fourth-order valence-corrected chi connectivity index (χ4v) is 2.03. The Bertz CT molecular complexity index is 769. The van der Waals surface area contributed by atoms with Crippen LogP contribution >= 0.6 is 11.6 Å². The summed E-state index contributed by atoms with van der Waals surface area (Å²) >= 11 is 5.65. The second-order valence-corrected chi connectivity index (χ2v) is 5.23. The first-order chi connectivity index (χ1) is 11.6. The third kappa shape index (κ3) is 5.49. The van der Waals surface area contributed by atoms with Crippen LogP contribution < -0.4 is 5.32 Å². The second kappa shape index (κ2) is 8.80. The van der Waals surface area contributed by atoms with Crippen LogP contribution in [0.25, 0.3) is 0 Å². The van der Waals surface area contributed by atoms with Crippen molar-refractivity contribution in [2.45, 2.75) is 13.0 Å². The molecule has 2 aromatic rings. The highest BCUT2D eigenvalue weighted by atomic mass is 35.5. The van der Waals surface area contributed by atoms with Crippen molar-refractivity contribution in [1.29, 1.82) is 0 Å². The lowest BCUT2D eigenvalue weighted by molar-refractivity contribution is 0.140. The molecule has 4 nitrogen and oxygen atoms in total. The third-order valence-electron chi connectivity index (χ3n) is 2.98. The summed E-state index contributed by atoms with van der Waals surface area (Å²) in [6.07, 6.45) is -0.231. The molecular weight excluding hydrogens is 333 g/mol. The van der Waals surface area contributed by atoms with Gasteiger partial charge in [0.25, 0.3) is 0 Å². The van der Waals surface area contributed by atoms with Crippen LogP contribution in [-0.4, -0.2) is 17.7 Å². The molecule has 1 amide bonds. The molecule has 0 radical (unpaired) electrons. The molecule has 2 N–H and O–H groups in total. The normalized spacial score (nSPS) is 9.75. The topological polar surface area (TPSA) is 58.6 Å². The molecule has 2 aromatic carbocycles. The van der Waals surface area contributed by atoms with Crippen molar-refractivity contribution >= 4 is 17.7 Å². The van der Waals surface area contributed by atoms with Crippen LogP contribution in [0.2, 0.25) is 5.02 Å². The highest BCUT2D eigenvalue weighted by Gasteiger charge is 2.06. The number of hydrogen-bond donors (Lipinski definition) is 2. The Morgan fingerprint density at radius 3 is 2.79 bits per heavy atom. The van der Waals surface area contributed by atoms with Crippen LogP contribution in [0.1, 0.15) is 17.5 Å². The lowest BCUT2D eigenvalue weighted by atomic mass is 10.2. The Kier molecular flexibility index (Phi) is 6.47. The van der Waals surface area contributed by atoms with Gasteiger partial charge in [-0.15, -0.1) is 0 Å². The van der Waals surface area contributed by atoms with Gasteiger partial charge in [0, 0.05) is 13.0 Å². The van der Waals surface area contributed by atoms with Crippen LogP contribution in [0.4, 0.5) is 9.18 Å². The predicted molar refractivity (Wildman–Crippen MR) is 89.2 cm³/mol. The van der Waals surface area contributed by atoms with E-state index < -0.39 is 11.9 Å². The largest absolute Gasteiger partial charge is 0.505 e. The SMILES string of the molecule is O=C(NCCC#Cc1cc(F)cc(Cl)c1O)OCc1ccccc1. The molecule has 124 valence electrons. The molecule has 0 atom stereocenters. The number of carbonyl (C=O) groups excluding carboxylic acids is 1. The van der Waals surface area contributed by atoms with Crippen molar-refractivity contribution in [3.63, 3.8) is 0 Å². The number of alkyl carbamates (subject to hydrolysis) is 1. The molecule has 6 heteroatoms. The number of ether oxygens (including phenoxy) is 1. The fraction of sp³-hybridized carbons (Fsp3) is 0.167. The van der Waals surface area contributed by atoms with E-state index in [2.05, 4.69) is 17.2 Å². The molecular formula is C18H15ClFNO3. The number of hydrogen-bond acceptors (Lipinski definition) is 3. The number of aromatic hydroxyl groups is 1.